The van der Waals surface area contributed by atoms with Gasteiger partial charge in [-0.15, -0.1) is 0 Å². The van der Waals surface area contributed by atoms with Crippen LogP contribution in [-0.4, -0.2) is 60.2 Å². The van der Waals surface area contributed by atoms with Crippen molar-refractivity contribution in [2.45, 2.75) is 38.9 Å². The second kappa shape index (κ2) is 8.43. The topological polar surface area (TPSA) is 92.2 Å². The number of pyridine rings is 1. The lowest BCUT2D eigenvalue weighted by molar-refractivity contribution is -0.128. The zero-order chi connectivity index (χ0) is 23.2. The number of fused-ring (bicyclic) bond motifs is 1. The summed E-state index contributed by atoms with van der Waals surface area (Å²) in [4.78, 5) is 33.4. The summed E-state index contributed by atoms with van der Waals surface area (Å²) in [5.41, 5.74) is 3.73. The van der Waals surface area contributed by atoms with E-state index in [-0.39, 0.29) is 23.9 Å². The minimum absolute atomic E-state index is 0.176. The van der Waals surface area contributed by atoms with Crippen LogP contribution in [0, 0.1) is 12.3 Å². The number of amides is 1. The molecule has 1 unspecified atom stereocenters. The van der Waals surface area contributed by atoms with Crippen LogP contribution >= 0.6 is 0 Å². The van der Waals surface area contributed by atoms with Gasteiger partial charge in [0.25, 0.3) is 0 Å². The van der Waals surface area contributed by atoms with E-state index in [1.807, 2.05) is 24.0 Å². The molecule has 1 atom stereocenters. The van der Waals surface area contributed by atoms with Crippen LogP contribution in [0.3, 0.4) is 0 Å². The Morgan fingerprint density at radius 1 is 1.18 bits per heavy atom. The Balaban J connectivity index is 1.23. The fourth-order valence-electron chi connectivity index (χ4n) is 5.44. The Labute approximate surface area is 193 Å². The summed E-state index contributed by atoms with van der Waals surface area (Å²) in [5, 5.41) is 10.9. The third-order valence-corrected chi connectivity index (χ3v) is 7.56. The SMILES string of the molecule is COc1cc(N2CCC3(CCN(CC(O)c4ccc5c(c4C)COC5=O)CC3)C2=O)ccn1. The number of β-amino-alcohol motifs (C(OH)–C–C–N with tert-alkyl or cyclic N) is 1. The zero-order valence-corrected chi connectivity index (χ0v) is 19.0. The van der Waals surface area contributed by atoms with Crippen molar-refractivity contribution in [3.05, 3.63) is 52.7 Å². The summed E-state index contributed by atoms with van der Waals surface area (Å²) in [5.74, 6) is 0.383. The first-order valence-electron chi connectivity index (χ1n) is 11.4. The highest BCUT2D eigenvalue weighted by Gasteiger charge is 2.48. The van der Waals surface area contributed by atoms with E-state index in [9.17, 15) is 14.7 Å². The van der Waals surface area contributed by atoms with Crippen molar-refractivity contribution in [3.8, 4) is 5.88 Å². The fraction of sp³-hybridized carbons (Fsp3) is 0.480. The molecule has 2 saturated heterocycles. The largest absolute Gasteiger partial charge is 0.481 e. The number of rotatable bonds is 5. The highest BCUT2D eigenvalue weighted by molar-refractivity contribution is 6.00. The van der Waals surface area contributed by atoms with E-state index < -0.39 is 6.10 Å². The van der Waals surface area contributed by atoms with Gasteiger partial charge >= 0.3 is 5.97 Å². The van der Waals surface area contributed by atoms with Gasteiger partial charge in [0.05, 0.1) is 29.9 Å². The number of aromatic nitrogens is 1. The van der Waals surface area contributed by atoms with E-state index in [0.29, 0.717) is 24.5 Å². The van der Waals surface area contributed by atoms with Crippen molar-refractivity contribution < 1.29 is 24.2 Å². The predicted molar refractivity (Wildman–Crippen MR) is 121 cm³/mol. The third kappa shape index (κ3) is 3.77. The average Bonchev–Trinajstić information content (AvgIpc) is 3.36. The lowest BCUT2D eigenvalue weighted by atomic mass is 9.77. The number of esters is 1. The molecule has 3 aliphatic rings. The molecule has 1 aromatic carbocycles. The Bertz CT molecular complexity index is 1090. The van der Waals surface area contributed by atoms with Gasteiger partial charge < -0.3 is 24.4 Å². The number of hydrogen-bond acceptors (Lipinski definition) is 7. The number of methoxy groups -OCH3 is 1. The van der Waals surface area contributed by atoms with Crippen LogP contribution in [0.1, 0.15) is 52.4 Å². The van der Waals surface area contributed by atoms with E-state index in [1.165, 1.54) is 0 Å². The number of benzene rings is 1. The molecule has 1 N–H and O–H groups in total. The summed E-state index contributed by atoms with van der Waals surface area (Å²) in [7, 11) is 1.57. The minimum atomic E-state index is -0.653. The molecule has 8 heteroatoms. The van der Waals surface area contributed by atoms with Gasteiger partial charge in [0.15, 0.2) is 0 Å². The van der Waals surface area contributed by atoms with Crippen LogP contribution in [0.2, 0.25) is 0 Å². The van der Waals surface area contributed by atoms with Crippen LogP contribution < -0.4 is 9.64 Å². The molecule has 1 spiro atoms. The zero-order valence-electron chi connectivity index (χ0n) is 19.0. The highest BCUT2D eigenvalue weighted by Crippen LogP contribution is 2.43. The number of ether oxygens (including phenoxy) is 2. The quantitative estimate of drug-likeness (QED) is 0.699. The minimum Gasteiger partial charge on any atom is -0.481 e. The molecule has 5 rings (SSSR count). The number of aliphatic hydroxyl groups is 1. The van der Waals surface area contributed by atoms with Crippen LogP contribution in [-0.2, 0) is 16.1 Å². The second-order valence-electron chi connectivity index (χ2n) is 9.24. The number of aliphatic hydroxyl groups excluding tert-OH is 1. The maximum absolute atomic E-state index is 13.4. The molecular weight excluding hydrogens is 422 g/mol. The molecule has 8 nitrogen and oxygen atoms in total. The summed E-state index contributed by atoms with van der Waals surface area (Å²) >= 11 is 0. The van der Waals surface area contributed by atoms with Gasteiger partial charge in [0, 0.05) is 30.9 Å². The predicted octanol–water partition coefficient (Wildman–Crippen LogP) is 2.62. The lowest BCUT2D eigenvalue weighted by Crippen LogP contribution is -2.45. The van der Waals surface area contributed by atoms with Crippen LogP contribution in [0.15, 0.2) is 30.5 Å². The number of likely N-dealkylation sites (tertiary alicyclic amines) is 1. The summed E-state index contributed by atoms with van der Waals surface area (Å²) in [6.45, 7) is 4.94. The van der Waals surface area contributed by atoms with E-state index in [1.54, 1.807) is 25.4 Å². The monoisotopic (exact) mass is 451 g/mol. The van der Waals surface area contributed by atoms with Crippen molar-refractivity contribution >= 4 is 17.6 Å². The summed E-state index contributed by atoms with van der Waals surface area (Å²) < 4.78 is 10.3. The maximum atomic E-state index is 13.4. The van der Waals surface area contributed by atoms with Crippen LogP contribution in [0.25, 0.3) is 0 Å². The van der Waals surface area contributed by atoms with E-state index in [0.717, 1.165) is 54.7 Å². The molecule has 1 aromatic heterocycles. The smallest absolute Gasteiger partial charge is 0.338 e. The van der Waals surface area contributed by atoms with Crippen molar-refractivity contribution in [3.63, 3.8) is 0 Å². The Morgan fingerprint density at radius 2 is 1.94 bits per heavy atom. The van der Waals surface area contributed by atoms with E-state index in [2.05, 4.69) is 9.88 Å². The van der Waals surface area contributed by atoms with Gasteiger partial charge in [-0.3, -0.25) is 4.79 Å². The highest BCUT2D eigenvalue weighted by atomic mass is 16.5. The number of carbonyl (C=O) groups excluding carboxylic acids is 2. The Hall–Kier alpha value is -2.97. The second-order valence-corrected chi connectivity index (χ2v) is 9.24. The van der Waals surface area contributed by atoms with Gasteiger partial charge in [0.1, 0.15) is 6.61 Å². The maximum Gasteiger partial charge on any atom is 0.338 e. The number of carbonyl (C=O) groups is 2. The third-order valence-electron chi connectivity index (χ3n) is 7.56. The molecule has 0 bridgehead atoms. The fourth-order valence-corrected chi connectivity index (χ4v) is 5.44. The molecule has 1 amide bonds. The van der Waals surface area contributed by atoms with Gasteiger partial charge in [-0.05, 0) is 62.5 Å². The Morgan fingerprint density at radius 3 is 2.70 bits per heavy atom. The Kier molecular flexibility index (Phi) is 5.58. The van der Waals surface area contributed by atoms with Gasteiger partial charge in [-0.2, -0.15) is 0 Å². The van der Waals surface area contributed by atoms with Gasteiger partial charge in [-0.1, -0.05) is 6.07 Å². The first-order chi connectivity index (χ1) is 15.9. The number of hydrogen-bond donors (Lipinski definition) is 1. The number of anilines is 1. The van der Waals surface area contributed by atoms with Crippen LogP contribution in [0.5, 0.6) is 5.88 Å². The molecule has 0 aliphatic carbocycles. The average molecular weight is 452 g/mol. The van der Waals surface area contributed by atoms with Crippen molar-refractivity contribution in [1.82, 2.24) is 9.88 Å². The first-order valence-corrected chi connectivity index (χ1v) is 11.4. The number of piperidine rings is 1. The van der Waals surface area contributed by atoms with Gasteiger partial charge in [-0.25, -0.2) is 9.78 Å². The summed E-state index contributed by atoms with van der Waals surface area (Å²) in [6.07, 6.45) is 3.41. The molecule has 3 aliphatic heterocycles. The molecule has 2 aromatic rings. The molecule has 0 radical (unpaired) electrons. The lowest BCUT2D eigenvalue weighted by Gasteiger charge is -2.38. The molecule has 2 fully saturated rings. The molecule has 33 heavy (non-hydrogen) atoms. The van der Waals surface area contributed by atoms with Crippen LogP contribution in [0.4, 0.5) is 5.69 Å². The number of cyclic esters (lactones) is 1. The standard InChI is InChI=1S/C25H29N3O5/c1-16-18(3-4-19-20(16)15-33-23(19)30)21(29)14-27-10-6-25(7-11-27)8-12-28(24(25)31)17-5-9-26-22(13-17)32-2/h3-5,9,13,21,29H,6-8,10-12,14-15H2,1-2H3. The number of nitrogens with zero attached hydrogens (tertiary/aromatic N) is 3. The van der Waals surface area contributed by atoms with Crippen molar-refractivity contribution in [2.24, 2.45) is 5.41 Å². The van der Waals surface area contributed by atoms with Crippen molar-refractivity contribution in [2.75, 3.05) is 38.2 Å². The molecule has 174 valence electrons. The summed E-state index contributed by atoms with van der Waals surface area (Å²) in [6, 6.07) is 7.24. The van der Waals surface area contributed by atoms with E-state index >= 15 is 0 Å². The normalized spacial score (nSPS) is 20.8. The molecular formula is C25H29N3O5. The van der Waals surface area contributed by atoms with Crippen molar-refractivity contribution in [1.29, 1.82) is 0 Å². The molecule has 0 saturated carbocycles. The molecule has 4 heterocycles. The van der Waals surface area contributed by atoms with E-state index in [4.69, 9.17) is 9.47 Å². The van der Waals surface area contributed by atoms with Gasteiger partial charge in [0.2, 0.25) is 11.8 Å². The first kappa shape index (κ1) is 21.9.